The fourth-order valence-electron chi connectivity index (χ4n) is 2.72. The Bertz CT molecular complexity index is 1020. The molecule has 0 aliphatic rings. The van der Waals surface area contributed by atoms with E-state index < -0.39 is 0 Å². The Morgan fingerprint density at radius 2 is 1.89 bits per heavy atom. The lowest BCUT2D eigenvalue weighted by atomic mass is 10.1. The predicted octanol–water partition coefficient (Wildman–Crippen LogP) is 5.62. The van der Waals surface area contributed by atoms with Crippen molar-refractivity contribution in [3.05, 3.63) is 57.6 Å². The number of nitrogens with one attached hydrogen (secondary N) is 1. The lowest BCUT2D eigenvalue weighted by molar-refractivity contribution is -0.113. The molecule has 1 heterocycles. The van der Waals surface area contributed by atoms with E-state index in [1.807, 2.05) is 49.6 Å². The van der Waals surface area contributed by atoms with E-state index in [-0.39, 0.29) is 11.7 Å². The zero-order valence-electron chi connectivity index (χ0n) is 15.8. The molecular weight excluding hydrogens is 415 g/mol. The van der Waals surface area contributed by atoms with Gasteiger partial charge in [-0.2, -0.15) is 0 Å². The monoisotopic (exact) mass is 434 g/mol. The maximum Gasteiger partial charge on any atom is 0.234 e. The van der Waals surface area contributed by atoms with Crippen molar-refractivity contribution in [3.8, 4) is 11.4 Å². The zero-order valence-corrected chi connectivity index (χ0v) is 18.1. The number of benzene rings is 2. The molecule has 0 saturated heterocycles. The first-order valence-electron chi connectivity index (χ1n) is 8.77. The van der Waals surface area contributed by atoms with E-state index in [9.17, 15) is 4.79 Å². The van der Waals surface area contributed by atoms with Gasteiger partial charge in [0.05, 0.1) is 15.8 Å². The highest BCUT2D eigenvalue weighted by Crippen LogP contribution is 2.29. The molecule has 3 aromatic rings. The van der Waals surface area contributed by atoms with Crippen molar-refractivity contribution in [1.82, 2.24) is 14.8 Å². The van der Waals surface area contributed by atoms with E-state index in [2.05, 4.69) is 15.5 Å². The summed E-state index contributed by atoms with van der Waals surface area (Å²) in [6.45, 7) is 6.64. The molecule has 0 aliphatic heterocycles. The standard InChI is InChI=1S/C20H20Cl2N4OS/c1-4-26-19(14-7-8-15(21)16(22)10-14)24-25-20(26)28-11-18(27)23-17-9-12(2)5-6-13(17)3/h5-10H,4,11H2,1-3H3,(H,23,27). The predicted molar refractivity (Wildman–Crippen MR) is 116 cm³/mol. The lowest BCUT2D eigenvalue weighted by Gasteiger charge is -2.10. The van der Waals surface area contributed by atoms with Crippen LogP contribution in [0.5, 0.6) is 0 Å². The SMILES string of the molecule is CCn1c(SCC(=O)Nc2cc(C)ccc2C)nnc1-c1ccc(Cl)c(Cl)c1. The van der Waals surface area contributed by atoms with Gasteiger partial charge in [-0.3, -0.25) is 4.79 Å². The third-order valence-corrected chi connectivity index (χ3v) is 5.92. The molecule has 2 aromatic carbocycles. The van der Waals surface area contributed by atoms with Gasteiger partial charge in [-0.15, -0.1) is 10.2 Å². The Labute approximate surface area is 178 Å². The second-order valence-corrected chi connectivity index (χ2v) is 8.09. The minimum atomic E-state index is -0.0829. The molecule has 0 unspecified atom stereocenters. The number of aryl methyl sites for hydroxylation is 2. The Kier molecular flexibility index (Phi) is 6.65. The number of thioether (sulfide) groups is 1. The summed E-state index contributed by atoms with van der Waals surface area (Å²) < 4.78 is 1.95. The number of nitrogens with zero attached hydrogens (tertiary/aromatic N) is 3. The third kappa shape index (κ3) is 4.69. The summed E-state index contributed by atoms with van der Waals surface area (Å²) >= 11 is 13.5. The van der Waals surface area contributed by atoms with Crippen LogP contribution in [0.15, 0.2) is 41.6 Å². The fraction of sp³-hybridized carbons (Fsp3) is 0.250. The average molecular weight is 435 g/mol. The van der Waals surface area contributed by atoms with Crippen LogP contribution in [0, 0.1) is 13.8 Å². The molecule has 0 atom stereocenters. The number of hydrogen-bond donors (Lipinski definition) is 1. The highest BCUT2D eigenvalue weighted by Gasteiger charge is 2.16. The molecule has 8 heteroatoms. The van der Waals surface area contributed by atoms with Crippen molar-refractivity contribution < 1.29 is 4.79 Å². The Morgan fingerprint density at radius 1 is 1.11 bits per heavy atom. The molecule has 0 spiro atoms. The number of hydrogen-bond acceptors (Lipinski definition) is 4. The van der Waals surface area contributed by atoms with Gasteiger partial charge in [0.2, 0.25) is 5.91 Å². The van der Waals surface area contributed by atoms with E-state index in [0.29, 0.717) is 27.6 Å². The molecule has 146 valence electrons. The molecule has 5 nitrogen and oxygen atoms in total. The van der Waals surface area contributed by atoms with Crippen LogP contribution in [0.2, 0.25) is 10.0 Å². The maximum absolute atomic E-state index is 12.4. The number of anilines is 1. The van der Waals surface area contributed by atoms with E-state index in [1.54, 1.807) is 12.1 Å². The summed E-state index contributed by atoms with van der Waals surface area (Å²) in [6, 6.07) is 11.3. The summed E-state index contributed by atoms with van der Waals surface area (Å²) in [6.07, 6.45) is 0. The number of rotatable bonds is 6. The zero-order chi connectivity index (χ0) is 20.3. The van der Waals surface area contributed by atoms with Gasteiger partial charge in [-0.25, -0.2) is 0 Å². The first-order chi connectivity index (χ1) is 13.4. The van der Waals surface area contributed by atoms with E-state index >= 15 is 0 Å². The highest BCUT2D eigenvalue weighted by molar-refractivity contribution is 7.99. The molecule has 28 heavy (non-hydrogen) atoms. The van der Waals surface area contributed by atoms with Gasteiger partial charge in [-0.05, 0) is 56.2 Å². The van der Waals surface area contributed by atoms with Crippen LogP contribution in [0.1, 0.15) is 18.1 Å². The minimum Gasteiger partial charge on any atom is -0.325 e. The minimum absolute atomic E-state index is 0.0829. The van der Waals surface area contributed by atoms with Crippen molar-refractivity contribution in [1.29, 1.82) is 0 Å². The van der Waals surface area contributed by atoms with Gasteiger partial charge in [0.1, 0.15) is 0 Å². The Morgan fingerprint density at radius 3 is 2.61 bits per heavy atom. The summed E-state index contributed by atoms with van der Waals surface area (Å²) in [5.74, 6) is 0.853. The number of carbonyl (C=O) groups is 1. The summed E-state index contributed by atoms with van der Waals surface area (Å²) in [5.41, 5.74) is 3.79. The molecule has 3 rings (SSSR count). The summed E-state index contributed by atoms with van der Waals surface area (Å²) in [7, 11) is 0. The normalized spacial score (nSPS) is 10.9. The van der Waals surface area contributed by atoms with Crippen LogP contribution in [0.25, 0.3) is 11.4 Å². The number of carbonyl (C=O) groups excluding carboxylic acids is 1. The van der Waals surface area contributed by atoms with Crippen LogP contribution in [0.3, 0.4) is 0 Å². The molecule has 1 amide bonds. The van der Waals surface area contributed by atoms with E-state index in [0.717, 1.165) is 22.4 Å². The second-order valence-electron chi connectivity index (χ2n) is 6.33. The van der Waals surface area contributed by atoms with Gasteiger partial charge >= 0.3 is 0 Å². The van der Waals surface area contributed by atoms with Crippen LogP contribution in [-0.2, 0) is 11.3 Å². The average Bonchev–Trinajstić information content (AvgIpc) is 3.08. The van der Waals surface area contributed by atoms with Gasteiger partial charge < -0.3 is 9.88 Å². The number of halogens is 2. The smallest absolute Gasteiger partial charge is 0.234 e. The van der Waals surface area contributed by atoms with Crippen molar-refractivity contribution in [2.75, 3.05) is 11.1 Å². The molecule has 0 saturated carbocycles. The molecule has 0 bridgehead atoms. The van der Waals surface area contributed by atoms with Crippen molar-refractivity contribution in [2.24, 2.45) is 0 Å². The third-order valence-electron chi connectivity index (χ3n) is 4.21. The van der Waals surface area contributed by atoms with Gasteiger partial charge in [0, 0.05) is 17.8 Å². The highest BCUT2D eigenvalue weighted by atomic mass is 35.5. The Balaban J connectivity index is 1.72. The fourth-order valence-corrected chi connectivity index (χ4v) is 3.82. The topological polar surface area (TPSA) is 59.8 Å². The van der Waals surface area contributed by atoms with Crippen LogP contribution in [0.4, 0.5) is 5.69 Å². The van der Waals surface area contributed by atoms with Crippen molar-refractivity contribution in [2.45, 2.75) is 32.5 Å². The first-order valence-corrected chi connectivity index (χ1v) is 10.5. The second kappa shape index (κ2) is 8.99. The summed E-state index contributed by atoms with van der Waals surface area (Å²) in [5, 5.41) is 13.1. The van der Waals surface area contributed by atoms with E-state index in [1.165, 1.54) is 11.8 Å². The molecular formula is C20H20Cl2N4OS. The van der Waals surface area contributed by atoms with Crippen molar-refractivity contribution >= 4 is 46.6 Å². The maximum atomic E-state index is 12.4. The molecule has 0 aliphatic carbocycles. The first kappa shape index (κ1) is 20.7. The largest absolute Gasteiger partial charge is 0.325 e. The molecule has 1 aromatic heterocycles. The van der Waals surface area contributed by atoms with Crippen LogP contribution >= 0.6 is 35.0 Å². The Hall–Kier alpha value is -2.02. The van der Waals surface area contributed by atoms with Crippen molar-refractivity contribution in [3.63, 3.8) is 0 Å². The molecule has 0 radical (unpaired) electrons. The number of aromatic nitrogens is 3. The summed E-state index contributed by atoms with van der Waals surface area (Å²) in [4.78, 5) is 12.4. The molecule has 1 N–H and O–H groups in total. The molecule has 0 fully saturated rings. The van der Waals surface area contributed by atoms with E-state index in [4.69, 9.17) is 23.2 Å². The van der Waals surface area contributed by atoms with Gasteiger partial charge in [-0.1, -0.05) is 47.1 Å². The quantitative estimate of drug-likeness (QED) is 0.511. The van der Waals surface area contributed by atoms with Crippen LogP contribution in [-0.4, -0.2) is 26.4 Å². The van der Waals surface area contributed by atoms with Gasteiger partial charge in [0.15, 0.2) is 11.0 Å². The van der Waals surface area contributed by atoms with Crippen LogP contribution < -0.4 is 5.32 Å². The van der Waals surface area contributed by atoms with Gasteiger partial charge in [0.25, 0.3) is 0 Å². The lowest BCUT2D eigenvalue weighted by Crippen LogP contribution is -2.15. The number of amides is 1.